The molecular weight excluding hydrogens is 423 g/mol. The lowest BCUT2D eigenvalue weighted by molar-refractivity contribution is -0.132. The fourth-order valence-corrected chi connectivity index (χ4v) is 3.66. The number of rotatable bonds is 2. The van der Waals surface area contributed by atoms with Gasteiger partial charge in [0.1, 0.15) is 11.3 Å². The van der Waals surface area contributed by atoms with Crippen molar-refractivity contribution in [2.45, 2.75) is 38.1 Å². The number of aromatic hydroxyl groups is 1. The number of nitrogens with one attached hydrogen (secondary N) is 1. The van der Waals surface area contributed by atoms with Crippen molar-refractivity contribution in [1.82, 2.24) is 10.2 Å². The van der Waals surface area contributed by atoms with Gasteiger partial charge in [-0.05, 0) is 59.2 Å². The maximum absolute atomic E-state index is 12.7. The van der Waals surface area contributed by atoms with Gasteiger partial charge in [-0.3, -0.25) is 19.8 Å². The highest BCUT2D eigenvalue weighted by Gasteiger charge is 2.40. The SMILES string of the molecule is O=C1NC(=O)N(C2CCCCC2)C(=O)C1=Cc1ccc(O)c(I)c1. The minimum atomic E-state index is -0.680. The van der Waals surface area contributed by atoms with Gasteiger partial charge in [-0.1, -0.05) is 25.3 Å². The van der Waals surface area contributed by atoms with E-state index in [0.29, 0.717) is 9.13 Å². The number of urea groups is 1. The lowest BCUT2D eigenvalue weighted by atomic mass is 9.93. The summed E-state index contributed by atoms with van der Waals surface area (Å²) in [7, 11) is 0. The topological polar surface area (TPSA) is 86.7 Å². The predicted molar refractivity (Wildman–Crippen MR) is 96.1 cm³/mol. The van der Waals surface area contributed by atoms with E-state index in [-0.39, 0.29) is 17.4 Å². The van der Waals surface area contributed by atoms with E-state index in [9.17, 15) is 19.5 Å². The van der Waals surface area contributed by atoms with Crippen molar-refractivity contribution < 1.29 is 19.5 Å². The Kier molecular flexibility index (Phi) is 4.88. The Bertz CT molecular complexity index is 738. The molecular formula is C17H17IN2O4. The quantitative estimate of drug-likeness (QED) is 0.421. The average molecular weight is 440 g/mol. The first-order chi connectivity index (χ1) is 11.5. The van der Waals surface area contributed by atoms with Gasteiger partial charge < -0.3 is 5.11 Å². The van der Waals surface area contributed by atoms with Crippen molar-refractivity contribution in [1.29, 1.82) is 0 Å². The first kappa shape index (κ1) is 16.9. The number of carbonyl (C=O) groups is 3. The zero-order valence-electron chi connectivity index (χ0n) is 12.9. The highest BCUT2D eigenvalue weighted by Crippen LogP contribution is 2.27. The predicted octanol–water partition coefficient (Wildman–Crippen LogP) is 2.79. The van der Waals surface area contributed by atoms with Gasteiger partial charge in [-0.2, -0.15) is 0 Å². The Morgan fingerprint density at radius 3 is 2.54 bits per heavy atom. The van der Waals surface area contributed by atoms with Crippen LogP contribution in [-0.4, -0.2) is 33.9 Å². The summed E-state index contributed by atoms with van der Waals surface area (Å²) in [6, 6.07) is 4.01. The fourth-order valence-electron chi connectivity index (χ4n) is 3.12. The van der Waals surface area contributed by atoms with Crippen molar-refractivity contribution in [3.63, 3.8) is 0 Å². The standard InChI is InChI=1S/C17H17IN2O4/c18-13-9-10(6-7-14(13)21)8-12-15(22)19-17(24)20(16(12)23)11-4-2-1-3-5-11/h6-9,11,21H,1-5H2,(H,19,22,24). The zero-order chi connectivity index (χ0) is 17.3. The van der Waals surface area contributed by atoms with Crippen LogP contribution in [-0.2, 0) is 9.59 Å². The van der Waals surface area contributed by atoms with Crippen molar-refractivity contribution >= 4 is 46.5 Å². The second-order valence-electron chi connectivity index (χ2n) is 6.00. The number of imide groups is 2. The maximum Gasteiger partial charge on any atom is 0.331 e. The lowest BCUT2D eigenvalue weighted by Crippen LogP contribution is -2.58. The van der Waals surface area contributed by atoms with Crippen LogP contribution < -0.4 is 5.32 Å². The number of hydrogen-bond acceptors (Lipinski definition) is 4. The molecule has 6 nitrogen and oxygen atoms in total. The van der Waals surface area contributed by atoms with Crippen LogP contribution in [0.4, 0.5) is 4.79 Å². The van der Waals surface area contributed by atoms with Crippen LogP contribution in [0.3, 0.4) is 0 Å². The van der Waals surface area contributed by atoms with Crippen molar-refractivity contribution in [3.05, 3.63) is 32.9 Å². The molecule has 1 aromatic rings. The van der Waals surface area contributed by atoms with Crippen molar-refractivity contribution in [2.24, 2.45) is 0 Å². The molecule has 1 heterocycles. The van der Waals surface area contributed by atoms with E-state index in [4.69, 9.17) is 0 Å². The fraction of sp³-hybridized carbons (Fsp3) is 0.353. The molecule has 2 N–H and O–H groups in total. The Hall–Kier alpha value is -1.90. The number of benzene rings is 1. The van der Waals surface area contributed by atoms with Crippen LogP contribution in [0, 0.1) is 3.57 Å². The van der Waals surface area contributed by atoms with E-state index >= 15 is 0 Å². The van der Waals surface area contributed by atoms with E-state index in [2.05, 4.69) is 5.32 Å². The molecule has 0 spiro atoms. The minimum absolute atomic E-state index is 0.0540. The van der Waals surface area contributed by atoms with Gasteiger partial charge in [-0.25, -0.2) is 4.79 Å². The number of amides is 4. The van der Waals surface area contributed by atoms with Gasteiger partial charge in [0.15, 0.2) is 0 Å². The van der Waals surface area contributed by atoms with Gasteiger partial charge >= 0.3 is 6.03 Å². The molecule has 126 valence electrons. The Morgan fingerprint density at radius 1 is 1.17 bits per heavy atom. The molecule has 0 atom stereocenters. The molecule has 0 unspecified atom stereocenters. The van der Waals surface area contributed by atoms with Crippen LogP contribution in [0.2, 0.25) is 0 Å². The largest absolute Gasteiger partial charge is 0.507 e. The van der Waals surface area contributed by atoms with Gasteiger partial charge in [0.25, 0.3) is 11.8 Å². The molecule has 3 rings (SSSR count). The summed E-state index contributed by atoms with van der Waals surface area (Å²) in [6.45, 7) is 0. The molecule has 1 aromatic carbocycles. The molecule has 7 heteroatoms. The molecule has 4 amide bonds. The third-order valence-electron chi connectivity index (χ3n) is 4.36. The highest BCUT2D eigenvalue weighted by molar-refractivity contribution is 14.1. The monoisotopic (exact) mass is 440 g/mol. The number of phenolic OH excluding ortho intramolecular Hbond substituents is 1. The molecule has 24 heavy (non-hydrogen) atoms. The van der Waals surface area contributed by atoms with Gasteiger partial charge in [-0.15, -0.1) is 0 Å². The van der Waals surface area contributed by atoms with E-state index in [1.54, 1.807) is 12.1 Å². The molecule has 1 aliphatic carbocycles. The van der Waals surface area contributed by atoms with Crippen molar-refractivity contribution in [3.8, 4) is 5.75 Å². The van der Waals surface area contributed by atoms with Crippen LogP contribution >= 0.6 is 22.6 Å². The third-order valence-corrected chi connectivity index (χ3v) is 5.22. The first-order valence-corrected chi connectivity index (χ1v) is 8.94. The first-order valence-electron chi connectivity index (χ1n) is 7.86. The third kappa shape index (κ3) is 3.31. The van der Waals surface area contributed by atoms with Crippen LogP contribution in [0.5, 0.6) is 5.75 Å². The zero-order valence-corrected chi connectivity index (χ0v) is 15.1. The van der Waals surface area contributed by atoms with Crippen LogP contribution in [0.1, 0.15) is 37.7 Å². The average Bonchev–Trinajstić information content (AvgIpc) is 2.55. The van der Waals surface area contributed by atoms with E-state index in [0.717, 1.165) is 32.1 Å². The van der Waals surface area contributed by atoms with Gasteiger partial charge in [0.2, 0.25) is 0 Å². The van der Waals surface area contributed by atoms with E-state index in [1.165, 1.54) is 17.0 Å². The van der Waals surface area contributed by atoms with E-state index in [1.807, 2.05) is 22.6 Å². The number of hydrogen-bond donors (Lipinski definition) is 2. The molecule has 0 radical (unpaired) electrons. The number of carbonyl (C=O) groups excluding carboxylic acids is 3. The summed E-state index contributed by atoms with van der Waals surface area (Å²) in [4.78, 5) is 38.1. The summed E-state index contributed by atoms with van der Waals surface area (Å²) in [5.74, 6) is -1.09. The summed E-state index contributed by atoms with van der Waals surface area (Å²) in [5, 5.41) is 11.8. The van der Waals surface area contributed by atoms with Crippen LogP contribution in [0.25, 0.3) is 6.08 Å². The molecule has 1 aliphatic heterocycles. The number of phenols is 1. The molecule has 1 saturated heterocycles. The molecule has 2 aliphatic rings. The summed E-state index contributed by atoms with van der Waals surface area (Å²) >= 11 is 1.97. The van der Waals surface area contributed by atoms with E-state index < -0.39 is 17.8 Å². The van der Waals surface area contributed by atoms with Crippen molar-refractivity contribution in [2.75, 3.05) is 0 Å². The highest BCUT2D eigenvalue weighted by atomic mass is 127. The number of halogens is 1. The normalized spacial score (nSPS) is 21.3. The van der Waals surface area contributed by atoms with Crippen LogP contribution in [0.15, 0.2) is 23.8 Å². The summed E-state index contributed by atoms with van der Waals surface area (Å²) in [5.41, 5.74) is 0.565. The summed E-state index contributed by atoms with van der Waals surface area (Å²) in [6.07, 6.45) is 6.07. The number of nitrogens with zero attached hydrogens (tertiary/aromatic N) is 1. The smallest absolute Gasteiger partial charge is 0.331 e. The second kappa shape index (κ2) is 6.92. The Morgan fingerprint density at radius 2 is 1.88 bits per heavy atom. The Labute approximate surface area is 153 Å². The molecule has 0 bridgehead atoms. The lowest BCUT2D eigenvalue weighted by Gasteiger charge is -2.35. The van der Waals surface area contributed by atoms with Gasteiger partial charge in [0.05, 0.1) is 3.57 Å². The molecule has 0 aromatic heterocycles. The maximum atomic E-state index is 12.7. The second-order valence-corrected chi connectivity index (χ2v) is 7.16. The summed E-state index contributed by atoms with van der Waals surface area (Å²) < 4.78 is 0.617. The molecule has 2 fully saturated rings. The van der Waals surface area contributed by atoms with Gasteiger partial charge in [0, 0.05) is 6.04 Å². The molecule has 1 saturated carbocycles. The number of barbiturate groups is 1. The Balaban J connectivity index is 1.92. The minimum Gasteiger partial charge on any atom is -0.507 e.